The van der Waals surface area contributed by atoms with Crippen molar-refractivity contribution in [3.05, 3.63) is 51.2 Å². The Morgan fingerprint density at radius 1 is 1.23 bits per heavy atom. The lowest BCUT2D eigenvalue weighted by molar-refractivity contribution is -0.120. The van der Waals surface area contributed by atoms with Crippen molar-refractivity contribution in [2.24, 2.45) is 4.99 Å². The zero-order valence-electron chi connectivity index (χ0n) is 15.2. The minimum Gasteiger partial charge on any atom is -0.355 e. The molecule has 0 spiro atoms. The van der Waals surface area contributed by atoms with Crippen molar-refractivity contribution in [1.29, 1.82) is 0 Å². The fourth-order valence-corrected chi connectivity index (χ4v) is 3.28. The fourth-order valence-electron chi connectivity index (χ4n) is 2.40. The first-order valence-electron chi connectivity index (χ1n) is 8.36. The normalized spacial score (nSPS) is 11.3. The fraction of sp³-hybridized carbons (Fsp3) is 0.389. The number of hydrogen-bond donors (Lipinski definition) is 3. The molecule has 6 nitrogen and oxygen atoms in total. The van der Waals surface area contributed by atoms with Crippen molar-refractivity contribution >= 4 is 23.2 Å². The maximum absolute atomic E-state index is 13.1. The van der Waals surface area contributed by atoms with Crippen LogP contribution < -0.4 is 16.0 Å². The Labute approximate surface area is 157 Å². The van der Waals surface area contributed by atoms with Gasteiger partial charge in [-0.3, -0.25) is 9.79 Å². The largest absolute Gasteiger partial charge is 0.355 e. The molecule has 1 heterocycles. The third-order valence-corrected chi connectivity index (χ3v) is 4.71. The van der Waals surface area contributed by atoms with Gasteiger partial charge in [-0.05, 0) is 31.5 Å². The summed E-state index contributed by atoms with van der Waals surface area (Å²) in [5.41, 5.74) is 1.68. The predicted octanol–water partition coefficient (Wildman–Crippen LogP) is 1.92. The van der Waals surface area contributed by atoms with Gasteiger partial charge in [0.1, 0.15) is 5.82 Å². The number of carbonyl (C=O) groups excluding carboxylic acids is 1. The third-order valence-electron chi connectivity index (χ3n) is 3.63. The number of amides is 1. The molecule has 0 radical (unpaired) electrons. The van der Waals surface area contributed by atoms with Gasteiger partial charge in [-0.15, -0.1) is 11.3 Å². The summed E-state index contributed by atoms with van der Waals surface area (Å²) in [5.74, 6) is 0.184. The van der Waals surface area contributed by atoms with Gasteiger partial charge in [0.2, 0.25) is 5.91 Å². The van der Waals surface area contributed by atoms with E-state index in [0.29, 0.717) is 31.2 Å². The first kappa shape index (κ1) is 19.8. The van der Waals surface area contributed by atoms with E-state index in [1.54, 1.807) is 30.5 Å². The van der Waals surface area contributed by atoms with E-state index in [1.165, 1.54) is 17.0 Å². The minimum atomic E-state index is -0.335. The van der Waals surface area contributed by atoms with Crippen LogP contribution in [-0.2, 0) is 17.8 Å². The van der Waals surface area contributed by atoms with E-state index in [1.807, 2.05) is 13.8 Å². The van der Waals surface area contributed by atoms with Gasteiger partial charge in [-0.2, -0.15) is 0 Å². The van der Waals surface area contributed by atoms with Crippen LogP contribution in [0.1, 0.15) is 21.1 Å². The summed E-state index contributed by atoms with van der Waals surface area (Å²) in [6.45, 7) is 5.62. The number of aryl methyl sites for hydroxylation is 2. The molecule has 0 atom stereocenters. The molecule has 26 heavy (non-hydrogen) atoms. The van der Waals surface area contributed by atoms with E-state index in [4.69, 9.17) is 0 Å². The highest BCUT2D eigenvalue weighted by Crippen LogP contribution is 2.16. The molecule has 0 unspecified atom stereocenters. The maximum Gasteiger partial charge on any atom is 0.224 e. The summed E-state index contributed by atoms with van der Waals surface area (Å²) < 4.78 is 13.1. The number of guanidine groups is 1. The Kier molecular flexibility index (Phi) is 7.53. The van der Waals surface area contributed by atoms with Crippen LogP contribution in [0, 0.1) is 19.7 Å². The number of rotatable bonds is 7. The summed E-state index contributed by atoms with van der Waals surface area (Å²) in [6, 6.07) is 6.06. The number of nitrogens with zero attached hydrogens (tertiary/aromatic N) is 2. The summed E-state index contributed by atoms with van der Waals surface area (Å²) >= 11 is 1.66. The number of nitrogens with one attached hydrogen (secondary N) is 3. The standard InChI is InChI=1S/C18H24FN5OS/c1-12-16(26-13(2)24-12)11-23-18(20-3)22-8-7-21-17(25)10-14-5-4-6-15(19)9-14/h4-6,9H,7-8,10-11H2,1-3H3,(H,21,25)(H2,20,22,23). The molecule has 1 aromatic heterocycles. The third kappa shape index (κ3) is 6.44. The Morgan fingerprint density at radius 3 is 2.65 bits per heavy atom. The van der Waals surface area contributed by atoms with Crippen LogP contribution in [0.2, 0.25) is 0 Å². The Bertz CT molecular complexity index is 775. The Hall–Kier alpha value is -2.48. The highest BCUT2D eigenvalue weighted by molar-refractivity contribution is 7.11. The maximum atomic E-state index is 13.1. The van der Waals surface area contributed by atoms with E-state index in [9.17, 15) is 9.18 Å². The van der Waals surface area contributed by atoms with Crippen molar-refractivity contribution in [3.8, 4) is 0 Å². The minimum absolute atomic E-state index is 0.142. The second kappa shape index (κ2) is 9.86. The molecule has 0 aliphatic rings. The summed E-state index contributed by atoms with van der Waals surface area (Å²) in [5, 5.41) is 10.2. The van der Waals surface area contributed by atoms with Gasteiger partial charge in [0.25, 0.3) is 0 Å². The van der Waals surface area contributed by atoms with E-state index >= 15 is 0 Å². The molecule has 3 N–H and O–H groups in total. The number of carbonyl (C=O) groups is 1. The second-order valence-electron chi connectivity index (χ2n) is 5.75. The van der Waals surface area contributed by atoms with Crippen LogP contribution in [0.5, 0.6) is 0 Å². The van der Waals surface area contributed by atoms with Crippen LogP contribution in [0.4, 0.5) is 4.39 Å². The molecule has 0 saturated carbocycles. The summed E-state index contributed by atoms with van der Waals surface area (Å²) in [4.78, 5) is 21.6. The van der Waals surface area contributed by atoms with Gasteiger partial charge in [0.05, 0.1) is 23.7 Å². The van der Waals surface area contributed by atoms with Crippen molar-refractivity contribution in [3.63, 3.8) is 0 Å². The van der Waals surface area contributed by atoms with Crippen LogP contribution in [0.15, 0.2) is 29.3 Å². The molecule has 0 saturated heterocycles. The van der Waals surface area contributed by atoms with Crippen molar-refractivity contribution < 1.29 is 9.18 Å². The Morgan fingerprint density at radius 2 is 2.00 bits per heavy atom. The van der Waals surface area contributed by atoms with E-state index in [0.717, 1.165) is 10.7 Å². The molecule has 1 amide bonds. The van der Waals surface area contributed by atoms with Crippen molar-refractivity contribution in [2.45, 2.75) is 26.8 Å². The number of halogens is 1. The number of aliphatic imine (C=N–C) groups is 1. The lowest BCUT2D eigenvalue weighted by Gasteiger charge is -2.12. The molecule has 0 aliphatic heterocycles. The van der Waals surface area contributed by atoms with Gasteiger partial charge >= 0.3 is 0 Å². The molecule has 0 aliphatic carbocycles. The molecule has 0 bridgehead atoms. The molecular weight excluding hydrogens is 353 g/mol. The van der Waals surface area contributed by atoms with E-state index < -0.39 is 0 Å². The Balaban J connectivity index is 1.67. The predicted molar refractivity (Wildman–Crippen MR) is 103 cm³/mol. The lowest BCUT2D eigenvalue weighted by Crippen LogP contribution is -2.41. The summed E-state index contributed by atoms with van der Waals surface area (Å²) in [6.07, 6.45) is 0.161. The molecule has 8 heteroatoms. The highest BCUT2D eigenvalue weighted by Gasteiger charge is 2.06. The van der Waals surface area contributed by atoms with Gasteiger partial charge in [0.15, 0.2) is 5.96 Å². The zero-order valence-corrected chi connectivity index (χ0v) is 16.0. The molecule has 140 valence electrons. The first-order chi connectivity index (χ1) is 12.5. The summed E-state index contributed by atoms with van der Waals surface area (Å²) in [7, 11) is 1.70. The molecule has 0 fully saturated rings. The lowest BCUT2D eigenvalue weighted by atomic mass is 10.1. The monoisotopic (exact) mass is 377 g/mol. The average Bonchev–Trinajstić information content (AvgIpc) is 2.91. The molecule has 2 rings (SSSR count). The second-order valence-corrected chi connectivity index (χ2v) is 7.04. The average molecular weight is 377 g/mol. The topological polar surface area (TPSA) is 78.4 Å². The van der Waals surface area contributed by atoms with Crippen molar-refractivity contribution in [2.75, 3.05) is 20.1 Å². The zero-order chi connectivity index (χ0) is 18.9. The van der Waals surface area contributed by atoms with Crippen LogP contribution in [0.25, 0.3) is 0 Å². The first-order valence-corrected chi connectivity index (χ1v) is 9.18. The number of hydrogen-bond acceptors (Lipinski definition) is 4. The van der Waals surface area contributed by atoms with E-state index in [2.05, 4.69) is 25.9 Å². The SMILES string of the molecule is CN=C(NCCNC(=O)Cc1cccc(F)c1)NCc1sc(C)nc1C. The molecule has 1 aromatic carbocycles. The smallest absolute Gasteiger partial charge is 0.224 e. The quantitative estimate of drug-likeness (QED) is 0.391. The van der Waals surface area contributed by atoms with Gasteiger partial charge in [-0.1, -0.05) is 12.1 Å². The number of aromatic nitrogens is 1. The van der Waals surface area contributed by atoms with Crippen LogP contribution in [0.3, 0.4) is 0 Å². The van der Waals surface area contributed by atoms with Crippen LogP contribution in [-0.4, -0.2) is 37.0 Å². The van der Waals surface area contributed by atoms with Crippen LogP contribution >= 0.6 is 11.3 Å². The molecular formula is C18H24FN5OS. The van der Waals surface area contributed by atoms with Gasteiger partial charge in [-0.25, -0.2) is 9.37 Å². The van der Waals surface area contributed by atoms with Gasteiger partial charge < -0.3 is 16.0 Å². The highest BCUT2D eigenvalue weighted by atomic mass is 32.1. The van der Waals surface area contributed by atoms with E-state index in [-0.39, 0.29) is 18.1 Å². The number of benzene rings is 1. The van der Waals surface area contributed by atoms with Crippen molar-refractivity contribution in [1.82, 2.24) is 20.9 Å². The molecule has 2 aromatic rings. The number of thiazole rings is 1. The van der Waals surface area contributed by atoms with Gasteiger partial charge in [0, 0.05) is 25.0 Å².